The highest BCUT2D eigenvalue weighted by atomic mass is 16.2. The van der Waals surface area contributed by atoms with Gasteiger partial charge in [0.25, 0.3) is 5.91 Å². The third-order valence-electron chi connectivity index (χ3n) is 7.79. The SMILES string of the molecule is O=C(Nc1ccc(N2C(=O)[C@H]3CC=CC[C@H]3C2=O)cc1)c1ccc(N2C(=O)[C@@H]3CC=CC[C@H]3C2=O)cc1. The molecule has 0 spiro atoms. The highest BCUT2D eigenvalue weighted by Gasteiger charge is 2.48. The first-order valence-electron chi connectivity index (χ1n) is 12.5. The van der Waals surface area contributed by atoms with E-state index in [1.807, 2.05) is 24.3 Å². The molecule has 5 amide bonds. The van der Waals surface area contributed by atoms with Gasteiger partial charge in [0, 0.05) is 11.3 Å². The number of amides is 5. The van der Waals surface area contributed by atoms with Gasteiger partial charge in [0.05, 0.1) is 35.0 Å². The maximum atomic E-state index is 12.8. The molecular formula is C29H25N3O5. The van der Waals surface area contributed by atoms with Crippen molar-refractivity contribution in [2.75, 3.05) is 15.1 Å². The van der Waals surface area contributed by atoms with Crippen LogP contribution in [-0.2, 0) is 19.2 Å². The molecule has 1 N–H and O–H groups in total. The van der Waals surface area contributed by atoms with E-state index in [9.17, 15) is 24.0 Å². The fourth-order valence-electron chi connectivity index (χ4n) is 5.77. The summed E-state index contributed by atoms with van der Waals surface area (Å²) in [5, 5.41) is 2.80. The predicted octanol–water partition coefficient (Wildman–Crippen LogP) is 3.85. The standard InChI is InChI=1S/C29H25N3O5/c33-25(17-9-13-19(14-10-17)31-26(34)21-5-1-2-6-22(21)27(31)35)30-18-11-15-20(16-12-18)32-28(36)23-7-3-4-8-24(23)29(32)37/h1-4,9-16,21-24H,5-8H2,(H,30,33)/t21-,22-,23-,24+/m1/s1. The van der Waals surface area contributed by atoms with Crippen LogP contribution in [0, 0.1) is 23.7 Å². The van der Waals surface area contributed by atoms with E-state index in [0.717, 1.165) is 0 Å². The van der Waals surface area contributed by atoms with Crippen molar-refractivity contribution in [3.63, 3.8) is 0 Å². The van der Waals surface area contributed by atoms with E-state index in [-0.39, 0.29) is 53.2 Å². The lowest BCUT2D eigenvalue weighted by Gasteiger charge is -2.16. The minimum atomic E-state index is -0.360. The monoisotopic (exact) mass is 495 g/mol. The molecule has 2 aromatic rings. The van der Waals surface area contributed by atoms with E-state index in [4.69, 9.17) is 0 Å². The average Bonchev–Trinajstić information content (AvgIpc) is 3.34. The van der Waals surface area contributed by atoms with Crippen LogP contribution in [0.5, 0.6) is 0 Å². The molecule has 8 heteroatoms. The first-order valence-corrected chi connectivity index (χ1v) is 12.5. The number of imide groups is 2. The second-order valence-electron chi connectivity index (χ2n) is 9.88. The molecule has 2 aliphatic carbocycles. The summed E-state index contributed by atoms with van der Waals surface area (Å²) in [4.78, 5) is 66.4. The zero-order valence-corrected chi connectivity index (χ0v) is 20.0. The van der Waals surface area contributed by atoms with Crippen LogP contribution in [0.3, 0.4) is 0 Å². The summed E-state index contributed by atoms with van der Waals surface area (Å²) in [6.07, 6.45) is 10.1. The van der Waals surface area contributed by atoms with Gasteiger partial charge >= 0.3 is 0 Å². The molecule has 0 bridgehead atoms. The molecule has 4 aliphatic rings. The number of benzene rings is 2. The summed E-state index contributed by atoms with van der Waals surface area (Å²) in [5.74, 6) is -2.32. The van der Waals surface area contributed by atoms with Crippen molar-refractivity contribution in [2.24, 2.45) is 23.7 Å². The van der Waals surface area contributed by atoms with E-state index in [0.29, 0.717) is 48.3 Å². The molecular weight excluding hydrogens is 470 g/mol. The van der Waals surface area contributed by atoms with Gasteiger partial charge in [0.1, 0.15) is 0 Å². The average molecular weight is 496 g/mol. The van der Waals surface area contributed by atoms with Crippen molar-refractivity contribution in [1.82, 2.24) is 0 Å². The third kappa shape index (κ3) is 3.80. The Labute approximate surface area is 213 Å². The van der Waals surface area contributed by atoms with Gasteiger partial charge in [-0.2, -0.15) is 0 Å². The number of hydrogen-bond donors (Lipinski definition) is 1. The Kier molecular flexibility index (Phi) is 5.59. The van der Waals surface area contributed by atoms with Gasteiger partial charge in [0.2, 0.25) is 23.6 Å². The summed E-state index contributed by atoms with van der Waals surface area (Å²) >= 11 is 0. The van der Waals surface area contributed by atoms with Crippen LogP contribution < -0.4 is 15.1 Å². The van der Waals surface area contributed by atoms with Crippen molar-refractivity contribution in [1.29, 1.82) is 0 Å². The van der Waals surface area contributed by atoms with Gasteiger partial charge in [-0.3, -0.25) is 33.8 Å². The minimum absolute atomic E-state index is 0.179. The minimum Gasteiger partial charge on any atom is -0.322 e. The van der Waals surface area contributed by atoms with Crippen LogP contribution in [0.4, 0.5) is 17.1 Å². The van der Waals surface area contributed by atoms with Crippen molar-refractivity contribution in [2.45, 2.75) is 25.7 Å². The van der Waals surface area contributed by atoms with E-state index in [2.05, 4.69) is 5.32 Å². The lowest BCUT2D eigenvalue weighted by atomic mass is 9.85. The molecule has 4 atom stereocenters. The largest absolute Gasteiger partial charge is 0.322 e. The predicted molar refractivity (Wildman–Crippen MR) is 137 cm³/mol. The second-order valence-corrected chi connectivity index (χ2v) is 9.88. The van der Waals surface area contributed by atoms with Crippen LogP contribution in [0.25, 0.3) is 0 Å². The number of carbonyl (C=O) groups excluding carboxylic acids is 5. The molecule has 0 unspecified atom stereocenters. The third-order valence-corrected chi connectivity index (χ3v) is 7.79. The molecule has 0 radical (unpaired) electrons. The molecule has 2 saturated heterocycles. The van der Waals surface area contributed by atoms with E-state index in [1.54, 1.807) is 48.5 Å². The number of fused-ring (bicyclic) bond motifs is 2. The number of carbonyl (C=O) groups is 5. The van der Waals surface area contributed by atoms with Gasteiger partial charge in [-0.05, 0) is 74.2 Å². The Hall–Kier alpha value is -4.33. The van der Waals surface area contributed by atoms with Crippen LogP contribution in [0.1, 0.15) is 36.0 Å². The number of hydrogen-bond acceptors (Lipinski definition) is 5. The summed E-state index contributed by atoms with van der Waals surface area (Å²) in [5.41, 5.74) is 1.83. The number of nitrogens with one attached hydrogen (secondary N) is 1. The van der Waals surface area contributed by atoms with Gasteiger partial charge in [-0.1, -0.05) is 24.3 Å². The quantitative estimate of drug-likeness (QED) is 0.513. The van der Waals surface area contributed by atoms with Crippen LogP contribution in [0.2, 0.25) is 0 Å². The topological polar surface area (TPSA) is 104 Å². The van der Waals surface area contributed by atoms with Crippen LogP contribution >= 0.6 is 0 Å². The highest BCUT2D eigenvalue weighted by Crippen LogP contribution is 2.39. The molecule has 8 nitrogen and oxygen atoms in total. The van der Waals surface area contributed by atoms with E-state index >= 15 is 0 Å². The van der Waals surface area contributed by atoms with Crippen molar-refractivity contribution in [3.8, 4) is 0 Å². The fourth-order valence-corrected chi connectivity index (χ4v) is 5.77. The van der Waals surface area contributed by atoms with E-state index < -0.39 is 0 Å². The molecule has 6 rings (SSSR count). The maximum absolute atomic E-state index is 12.8. The van der Waals surface area contributed by atoms with Gasteiger partial charge in [-0.15, -0.1) is 0 Å². The first-order chi connectivity index (χ1) is 17.9. The Morgan fingerprint density at radius 3 is 1.30 bits per heavy atom. The molecule has 2 aliphatic heterocycles. The van der Waals surface area contributed by atoms with Crippen LogP contribution in [0.15, 0.2) is 72.8 Å². The second kappa shape index (κ2) is 8.96. The normalized spacial score (nSPS) is 26.5. The Bertz CT molecular complexity index is 1320. The molecule has 2 fully saturated rings. The molecule has 0 aromatic heterocycles. The number of allylic oxidation sites excluding steroid dienone is 4. The Balaban J connectivity index is 1.13. The van der Waals surface area contributed by atoms with Crippen molar-refractivity contribution < 1.29 is 24.0 Å². The zero-order chi connectivity index (χ0) is 25.7. The summed E-state index contributed by atoms with van der Waals surface area (Å²) < 4.78 is 0. The fraction of sp³-hybridized carbons (Fsp3) is 0.276. The lowest BCUT2D eigenvalue weighted by molar-refractivity contribution is -0.124. The van der Waals surface area contributed by atoms with Gasteiger partial charge in [0.15, 0.2) is 0 Å². The van der Waals surface area contributed by atoms with Gasteiger partial charge < -0.3 is 5.32 Å². The molecule has 2 heterocycles. The molecule has 37 heavy (non-hydrogen) atoms. The number of anilines is 3. The zero-order valence-electron chi connectivity index (χ0n) is 20.0. The van der Waals surface area contributed by atoms with Crippen molar-refractivity contribution in [3.05, 3.63) is 78.4 Å². The molecule has 186 valence electrons. The number of nitrogens with zero attached hydrogens (tertiary/aromatic N) is 2. The summed E-state index contributed by atoms with van der Waals surface area (Å²) in [7, 11) is 0. The highest BCUT2D eigenvalue weighted by molar-refractivity contribution is 6.23. The summed E-state index contributed by atoms with van der Waals surface area (Å²) in [6, 6.07) is 13.0. The summed E-state index contributed by atoms with van der Waals surface area (Å²) in [6.45, 7) is 0. The molecule has 2 aromatic carbocycles. The maximum Gasteiger partial charge on any atom is 0.255 e. The van der Waals surface area contributed by atoms with Crippen molar-refractivity contribution >= 4 is 46.6 Å². The van der Waals surface area contributed by atoms with Gasteiger partial charge in [-0.25, -0.2) is 0 Å². The number of rotatable bonds is 4. The first kappa shape index (κ1) is 23.1. The Morgan fingerprint density at radius 2 is 0.919 bits per heavy atom. The van der Waals surface area contributed by atoms with Crippen LogP contribution in [-0.4, -0.2) is 29.5 Å². The smallest absolute Gasteiger partial charge is 0.255 e. The van der Waals surface area contributed by atoms with E-state index in [1.165, 1.54) is 9.80 Å². The Morgan fingerprint density at radius 1 is 0.568 bits per heavy atom. The molecule has 0 saturated carbocycles. The lowest BCUT2D eigenvalue weighted by Crippen LogP contribution is -2.31.